The zero-order chi connectivity index (χ0) is 33.4. The van der Waals surface area contributed by atoms with Gasteiger partial charge in [0.25, 0.3) is 0 Å². The summed E-state index contributed by atoms with van der Waals surface area (Å²) in [4.78, 5) is 4.93. The fourth-order valence-corrected chi connectivity index (χ4v) is 4.19. The molecule has 44 heavy (non-hydrogen) atoms. The Hall–Kier alpha value is -3.17. The van der Waals surface area contributed by atoms with Crippen molar-refractivity contribution >= 4 is 5.84 Å². The van der Waals surface area contributed by atoms with Crippen LogP contribution in [0.3, 0.4) is 0 Å². The van der Waals surface area contributed by atoms with Crippen LogP contribution in [0.25, 0.3) is 0 Å². The number of rotatable bonds is 8. The standard InChI is InChI=1S/C20H29N5.C10H12.C4H9F.2C2H6/c1-3-20(4-2)14-23-13-18(6-5-11-21)25-19(24-15-20)17-9-7-16(12-22)8-10-17;1-8-2-4-9(5-3-8)10-6-7-10;1-3-4(2)5;2*1-2/h7-10,13,23H,3-6,11,14-15,21H2,1-2H3,(H,24,25);2-5,10H,6-7H2,1H3;4H,3H2,1-2H3;2*1-2H3/b18-13-;;;;. The number of nitriles is 1. The van der Waals surface area contributed by atoms with Crippen molar-refractivity contribution in [1.82, 2.24) is 10.6 Å². The van der Waals surface area contributed by atoms with Crippen LogP contribution in [0.5, 0.6) is 0 Å². The maximum absolute atomic E-state index is 11.4. The molecule has 0 amide bonds. The number of nitrogens with two attached hydrogens (primary N) is 1. The highest BCUT2D eigenvalue weighted by atomic mass is 19.1. The molecule has 0 bridgehead atoms. The summed E-state index contributed by atoms with van der Waals surface area (Å²) in [5.74, 6) is 1.77. The summed E-state index contributed by atoms with van der Waals surface area (Å²) in [7, 11) is 0. The zero-order valence-electron chi connectivity index (χ0n) is 29.3. The number of nitrogens with zero attached hydrogens (tertiary/aromatic N) is 2. The van der Waals surface area contributed by atoms with E-state index in [0.29, 0.717) is 18.5 Å². The molecule has 1 aliphatic carbocycles. The largest absolute Gasteiger partial charge is 0.389 e. The van der Waals surface area contributed by atoms with E-state index in [9.17, 15) is 4.39 Å². The fourth-order valence-electron chi connectivity index (χ4n) is 4.19. The first-order chi connectivity index (χ1) is 21.3. The lowest BCUT2D eigenvalue weighted by molar-refractivity contribution is 0.271. The van der Waals surface area contributed by atoms with Gasteiger partial charge in [-0.3, -0.25) is 4.99 Å². The molecule has 1 aliphatic heterocycles. The maximum Gasteiger partial charge on any atom is 0.132 e. The minimum Gasteiger partial charge on any atom is -0.389 e. The molecule has 246 valence electrons. The first kappa shape index (κ1) is 40.8. The highest BCUT2D eigenvalue weighted by molar-refractivity contribution is 5.99. The molecule has 1 unspecified atom stereocenters. The third-order valence-electron chi connectivity index (χ3n) is 7.73. The lowest BCUT2D eigenvalue weighted by Gasteiger charge is -2.29. The lowest BCUT2D eigenvalue weighted by Crippen LogP contribution is -2.34. The highest BCUT2D eigenvalue weighted by Gasteiger charge is 2.26. The normalized spacial score (nSPS) is 16.7. The van der Waals surface area contributed by atoms with Crippen molar-refractivity contribution in [2.45, 2.75) is 119 Å². The van der Waals surface area contributed by atoms with Gasteiger partial charge in [0.2, 0.25) is 0 Å². The van der Waals surface area contributed by atoms with Crippen LogP contribution in [0.2, 0.25) is 0 Å². The van der Waals surface area contributed by atoms with Crippen LogP contribution in [-0.4, -0.2) is 31.6 Å². The Kier molecular flexibility index (Phi) is 22.4. The Morgan fingerprint density at radius 2 is 1.57 bits per heavy atom. The molecule has 2 aliphatic rings. The van der Waals surface area contributed by atoms with Crippen LogP contribution in [-0.2, 0) is 0 Å². The molecule has 0 radical (unpaired) electrons. The average Bonchev–Trinajstić information content (AvgIpc) is 3.92. The van der Waals surface area contributed by atoms with Crippen molar-refractivity contribution in [3.63, 3.8) is 0 Å². The number of amidine groups is 1. The van der Waals surface area contributed by atoms with Crippen molar-refractivity contribution in [3.05, 3.63) is 82.7 Å². The van der Waals surface area contributed by atoms with Gasteiger partial charge in [-0.15, -0.1) is 0 Å². The number of allylic oxidation sites excluding steroid dienone is 1. The smallest absolute Gasteiger partial charge is 0.132 e. The van der Waals surface area contributed by atoms with E-state index in [1.54, 1.807) is 6.92 Å². The van der Waals surface area contributed by atoms with Crippen molar-refractivity contribution in [1.29, 1.82) is 5.26 Å². The number of halogens is 1. The first-order valence-corrected chi connectivity index (χ1v) is 16.9. The molecule has 6 heteroatoms. The number of aliphatic imine (C=N–C) groups is 1. The van der Waals surface area contributed by atoms with Gasteiger partial charge < -0.3 is 16.4 Å². The number of hydrogen-bond acceptors (Lipinski definition) is 5. The second kappa shape index (κ2) is 24.2. The van der Waals surface area contributed by atoms with Crippen molar-refractivity contribution in [2.24, 2.45) is 16.1 Å². The van der Waals surface area contributed by atoms with Gasteiger partial charge in [-0.2, -0.15) is 5.26 Å². The average molecular weight is 608 g/mol. The minimum absolute atomic E-state index is 0.152. The molecule has 1 saturated carbocycles. The number of nitrogens with one attached hydrogen (secondary N) is 2. The van der Waals surface area contributed by atoms with Crippen molar-refractivity contribution in [3.8, 4) is 6.07 Å². The molecular weight excluding hydrogens is 545 g/mol. The summed E-state index contributed by atoms with van der Waals surface area (Å²) in [6.45, 7) is 20.3. The van der Waals surface area contributed by atoms with Crippen LogP contribution in [0.4, 0.5) is 4.39 Å². The number of benzene rings is 2. The molecule has 0 saturated heterocycles. The zero-order valence-corrected chi connectivity index (χ0v) is 29.3. The molecule has 4 rings (SSSR count). The second-order valence-corrected chi connectivity index (χ2v) is 11.0. The van der Waals surface area contributed by atoms with E-state index in [1.807, 2.05) is 58.9 Å². The summed E-state index contributed by atoms with van der Waals surface area (Å²) < 4.78 is 11.4. The van der Waals surface area contributed by atoms with Gasteiger partial charge in [-0.1, -0.05) is 78.3 Å². The lowest BCUT2D eigenvalue weighted by atomic mass is 9.82. The Morgan fingerprint density at radius 3 is 2.02 bits per heavy atom. The van der Waals surface area contributed by atoms with Gasteiger partial charge >= 0.3 is 0 Å². The minimum atomic E-state index is -0.616. The SMILES string of the molecule is CC.CC.CCC(C)F.CCC1(CC)CN=C(c2ccc(C#N)cc2)N/C(CCCN)=C\NC1.Cc1ccc(C2CC2)cc1. The van der Waals surface area contributed by atoms with Crippen molar-refractivity contribution < 1.29 is 4.39 Å². The Morgan fingerprint density at radius 1 is 1.00 bits per heavy atom. The van der Waals surface area contributed by atoms with Crippen molar-refractivity contribution in [2.75, 3.05) is 19.6 Å². The first-order valence-electron chi connectivity index (χ1n) is 16.9. The summed E-state index contributed by atoms with van der Waals surface area (Å²) in [6.07, 6.45) is 8.86. The topological polar surface area (TPSA) is 86.2 Å². The fraction of sp³-hybridized carbons (Fsp3) is 0.579. The Balaban J connectivity index is 0.000000792. The van der Waals surface area contributed by atoms with Crippen LogP contribution in [0.1, 0.15) is 129 Å². The maximum atomic E-state index is 11.4. The molecule has 2 aromatic carbocycles. The summed E-state index contributed by atoms with van der Waals surface area (Å²) in [5, 5.41) is 16.0. The predicted octanol–water partition coefficient (Wildman–Crippen LogP) is 9.56. The molecule has 2 aromatic rings. The molecule has 5 nitrogen and oxygen atoms in total. The molecule has 0 spiro atoms. The van der Waals surface area contributed by atoms with E-state index in [4.69, 9.17) is 16.0 Å². The van der Waals surface area contributed by atoms with Gasteiger partial charge in [0.15, 0.2) is 0 Å². The predicted molar refractivity (Wildman–Crippen MR) is 190 cm³/mol. The summed E-state index contributed by atoms with van der Waals surface area (Å²) >= 11 is 0. The van der Waals surface area contributed by atoms with Gasteiger partial charge in [-0.25, -0.2) is 4.39 Å². The third kappa shape index (κ3) is 16.1. The molecule has 0 aromatic heterocycles. The molecule has 1 fully saturated rings. The Bertz CT molecular complexity index is 1090. The number of alkyl halides is 1. The van der Waals surface area contributed by atoms with Gasteiger partial charge in [0.1, 0.15) is 5.84 Å². The van der Waals surface area contributed by atoms with E-state index in [0.717, 1.165) is 61.8 Å². The van der Waals surface area contributed by atoms with Crippen LogP contribution >= 0.6 is 0 Å². The second-order valence-electron chi connectivity index (χ2n) is 11.0. The van der Waals surface area contributed by atoms with Gasteiger partial charge in [0, 0.05) is 36.0 Å². The van der Waals surface area contributed by atoms with Crippen LogP contribution in [0, 0.1) is 23.7 Å². The van der Waals surface area contributed by atoms with Gasteiger partial charge in [-0.05, 0) is 101 Å². The van der Waals surface area contributed by atoms with E-state index in [2.05, 4.69) is 67.9 Å². The molecular formula is C38H62FN5. The molecule has 4 N–H and O–H groups in total. The quantitative estimate of drug-likeness (QED) is 0.279. The highest BCUT2D eigenvalue weighted by Crippen LogP contribution is 2.39. The van der Waals surface area contributed by atoms with E-state index >= 15 is 0 Å². The van der Waals surface area contributed by atoms with Crippen LogP contribution < -0.4 is 16.4 Å². The summed E-state index contributed by atoms with van der Waals surface area (Å²) in [5.41, 5.74) is 11.5. The third-order valence-corrected chi connectivity index (χ3v) is 7.73. The monoisotopic (exact) mass is 607 g/mol. The van der Waals surface area contributed by atoms with Gasteiger partial charge in [0.05, 0.1) is 17.8 Å². The molecule has 1 atom stereocenters. The van der Waals surface area contributed by atoms with Crippen LogP contribution in [0.15, 0.2) is 65.4 Å². The Labute approximate surface area is 269 Å². The number of aryl methyl sites for hydroxylation is 1. The van der Waals surface area contributed by atoms with E-state index in [-0.39, 0.29) is 5.41 Å². The number of hydrogen-bond donors (Lipinski definition) is 3. The van der Waals surface area contributed by atoms with E-state index < -0.39 is 6.17 Å². The van der Waals surface area contributed by atoms with E-state index in [1.165, 1.54) is 24.0 Å². The molecule has 1 heterocycles. The summed E-state index contributed by atoms with van der Waals surface area (Å²) in [6, 6.07) is 18.7.